The molecule has 0 bridgehead atoms. The molecule has 0 aromatic heterocycles. The van der Waals surface area contributed by atoms with Crippen LogP contribution in [0, 0.1) is 11.8 Å². The van der Waals surface area contributed by atoms with Crippen molar-refractivity contribution in [3.63, 3.8) is 0 Å². The third kappa shape index (κ3) is 2.77. The van der Waals surface area contributed by atoms with Crippen LogP contribution in [0.15, 0.2) is 18.2 Å². The van der Waals surface area contributed by atoms with E-state index in [1.54, 1.807) is 0 Å². The molecule has 4 nitrogen and oxygen atoms in total. The first-order valence-electron chi connectivity index (χ1n) is 7.85. The molecular formula is C17H24N2O2. The van der Waals surface area contributed by atoms with Gasteiger partial charge in [0.1, 0.15) is 5.75 Å². The Balaban J connectivity index is 1.96. The van der Waals surface area contributed by atoms with Crippen molar-refractivity contribution in [1.82, 2.24) is 0 Å². The maximum Gasteiger partial charge on any atom is 0.267 e. The maximum atomic E-state index is 12.4. The Morgan fingerprint density at radius 2 is 2.10 bits per heavy atom. The Bertz CT molecular complexity index is 552. The SMILES string of the molecule is CC(C)CN1C(=O)C(C)Oc2ccc(C(N)C3CC3)cc21. The van der Waals surface area contributed by atoms with Gasteiger partial charge < -0.3 is 15.4 Å². The average Bonchev–Trinajstić information content (AvgIpc) is 3.27. The van der Waals surface area contributed by atoms with Gasteiger partial charge in [0, 0.05) is 12.6 Å². The van der Waals surface area contributed by atoms with E-state index in [9.17, 15) is 4.79 Å². The van der Waals surface area contributed by atoms with Crippen LogP contribution in [0.25, 0.3) is 0 Å². The molecule has 2 atom stereocenters. The summed E-state index contributed by atoms with van der Waals surface area (Å²) >= 11 is 0. The van der Waals surface area contributed by atoms with Gasteiger partial charge in [0.05, 0.1) is 5.69 Å². The summed E-state index contributed by atoms with van der Waals surface area (Å²) in [6, 6.07) is 6.12. The van der Waals surface area contributed by atoms with Gasteiger partial charge in [-0.2, -0.15) is 0 Å². The molecule has 2 N–H and O–H groups in total. The van der Waals surface area contributed by atoms with Gasteiger partial charge in [0.25, 0.3) is 5.91 Å². The number of nitrogens with zero attached hydrogens (tertiary/aromatic N) is 1. The molecule has 21 heavy (non-hydrogen) atoms. The molecule has 4 heteroatoms. The van der Waals surface area contributed by atoms with Gasteiger partial charge in [-0.05, 0) is 49.3 Å². The first-order valence-corrected chi connectivity index (χ1v) is 7.85. The van der Waals surface area contributed by atoms with Gasteiger partial charge in [-0.3, -0.25) is 4.79 Å². The summed E-state index contributed by atoms with van der Waals surface area (Å²) in [5.41, 5.74) is 8.28. The van der Waals surface area contributed by atoms with Gasteiger partial charge in [-0.25, -0.2) is 0 Å². The Morgan fingerprint density at radius 1 is 1.38 bits per heavy atom. The largest absolute Gasteiger partial charge is 0.479 e. The van der Waals surface area contributed by atoms with E-state index >= 15 is 0 Å². The van der Waals surface area contributed by atoms with Gasteiger partial charge in [0.15, 0.2) is 6.10 Å². The van der Waals surface area contributed by atoms with Gasteiger partial charge >= 0.3 is 0 Å². The van der Waals surface area contributed by atoms with Crippen molar-refractivity contribution in [2.75, 3.05) is 11.4 Å². The number of rotatable bonds is 4. The predicted molar refractivity (Wildman–Crippen MR) is 83.4 cm³/mol. The molecular weight excluding hydrogens is 264 g/mol. The minimum absolute atomic E-state index is 0.0355. The third-order valence-electron chi connectivity index (χ3n) is 4.25. The summed E-state index contributed by atoms with van der Waals surface area (Å²) in [6.07, 6.45) is 2.00. The Morgan fingerprint density at radius 3 is 2.71 bits per heavy atom. The average molecular weight is 288 g/mol. The van der Waals surface area contributed by atoms with Crippen LogP contribution in [0.5, 0.6) is 5.75 Å². The van der Waals surface area contributed by atoms with Gasteiger partial charge in [-0.15, -0.1) is 0 Å². The minimum atomic E-state index is -0.417. The lowest BCUT2D eigenvalue weighted by atomic mass is 10.0. The van der Waals surface area contributed by atoms with Crippen LogP contribution in [-0.4, -0.2) is 18.6 Å². The minimum Gasteiger partial charge on any atom is -0.479 e. The van der Waals surface area contributed by atoms with Crippen LogP contribution in [0.1, 0.15) is 45.2 Å². The van der Waals surface area contributed by atoms with E-state index in [-0.39, 0.29) is 11.9 Å². The molecule has 1 amide bonds. The second kappa shape index (κ2) is 5.34. The van der Waals surface area contributed by atoms with Crippen molar-refractivity contribution in [1.29, 1.82) is 0 Å². The van der Waals surface area contributed by atoms with E-state index in [1.165, 1.54) is 12.8 Å². The zero-order valence-electron chi connectivity index (χ0n) is 13.0. The first-order chi connectivity index (χ1) is 9.97. The van der Waals surface area contributed by atoms with Crippen LogP contribution >= 0.6 is 0 Å². The number of anilines is 1. The van der Waals surface area contributed by atoms with E-state index in [0.717, 1.165) is 17.0 Å². The number of hydrogen-bond donors (Lipinski definition) is 1. The second-order valence-corrected chi connectivity index (χ2v) is 6.69. The number of nitrogens with two attached hydrogens (primary N) is 1. The van der Waals surface area contributed by atoms with Crippen molar-refractivity contribution < 1.29 is 9.53 Å². The number of hydrogen-bond acceptors (Lipinski definition) is 3. The summed E-state index contributed by atoms with van der Waals surface area (Å²) in [5, 5.41) is 0. The molecule has 1 aliphatic carbocycles. The highest BCUT2D eigenvalue weighted by Gasteiger charge is 2.34. The summed E-state index contributed by atoms with van der Waals surface area (Å²) in [4.78, 5) is 14.3. The van der Waals surface area contributed by atoms with Crippen LogP contribution in [-0.2, 0) is 4.79 Å². The van der Waals surface area contributed by atoms with E-state index < -0.39 is 6.10 Å². The smallest absolute Gasteiger partial charge is 0.267 e. The fraction of sp³-hybridized carbons (Fsp3) is 0.588. The van der Waals surface area contributed by atoms with Crippen molar-refractivity contribution in [2.24, 2.45) is 17.6 Å². The number of carbonyl (C=O) groups is 1. The highest BCUT2D eigenvalue weighted by molar-refractivity contribution is 5.99. The van der Waals surface area contributed by atoms with Crippen LogP contribution in [0.3, 0.4) is 0 Å². The standard InChI is InChI=1S/C17H24N2O2/c1-10(2)9-19-14-8-13(16(18)12-4-5-12)6-7-15(14)21-11(3)17(19)20/h6-8,10-12,16H,4-5,9,18H2,1-3H3. The molecule has 1 aromatic rings. The summed E-state index contributed by atoms with van der Waals surface area (Å²) in [6.45, 7) is 6.75. The Kier molecular flexibility index (Phi) is 3.66. The number of carbonyl (C=O) groups excluding carboxylic acids is 1. The molecule has 0 radical (unpaired) electrons. The van der Waals surface area contributed by atoms with E-state index in [0.29, 0.717) is 18.4 Å². The van der Waals surface area contributed by atoms with E-state index in [1.807, 2.05) is 30.0 Å². The van der Waals surface area contributed by atoms with Crippen molar-refractivity contribution >= 4 is 11.6 Å². The van der Waals surface area contributed by atoms with Crippen molar-refractivity contribution in [2.45, 2.75) is 45.8 Å². The van der Waals surface area contributed by atoms with Crippen LogP contribution in [0.2, 0.25) is 0 Å². The fourth-order valence-electron chi connectivity index (χ4n) is 2.91. The summed E-state index contributed by atoms with van der Waals surface area (Å²) in [7, 11) is 0. The molecule has 1 aliphatic heterocycles. The summed E-state index contributed by atoms with van der Waals surface area (Å²) < 4.78 is 5.73. The lowest BCUT2D eigenvalue weighted by Crippen LogP contribution is -2.46. The fourth-order valence-corrected chi connectivity index (χ4v) is 2.91. The molecule has 0 spiro atoms. The topological polar surface area (TPSA) is 55.6 Å². The normalized spacial score (nSPS) is 23.0. The highest BCUT2D eigenvalue weighted by atomic mass is 16.5. The summed E-state index contributed by atoms with van der Waals surface area (Å²) in [5.74, 6) is 1.83. The molecule has 1 heterocycles. The van der Waals surface area contributed by atoms with E-state index in [4.69, 9.17) is 10.5 Å². The molecule has 1 saturated carbocycles. The zero-order chi connectivity index (χ0) is 15.1. The molecule has 2 aliphatic rings. The van der Waals surface area contributed by atoms with Crippen LogP contribution < -0.4 is 15.4 Å². The van der Waals surface area contributed by atoms with Crippen LogP contribution in [0.4, 0.5) is 5.69 Å². The third-order valence-corrected chi connectivity index (χ3v) is 4.25. The molecule has 3 rings (SSSR count). The Hall–Kier alpha value is -1.55. The monoisotopic (exact) mass is 288 g/mol. The van der Waals surface area contributed by atoms with Gasteiger partial charge in [0.2, 0.25) is 0 Å². The zero-order valence-corrected chi connectivity index (χ0v) is 13.0. The number of benzene rings is 1. The highest BCUT2D eigenvalue weighted by Crippen LogP contribution is 2.42. The van der Waals surface area contributed by atoms with Crippen molar-refractivity contribution in [3.8, 4) is 5.75 Å². The molecule has 2 unspecified atom stereocenters. The first kappa shape index (κ1) is 14.4. The number of fused-ring (bicyclic) bond motifs is 1. The van der Waals surface area contributed by atoms with Gasteiger partial charge in [-0.1, -0.05) is 19.9 Å². The molecule has 1 fully saturated rings. The second-order valence-electron chi connectivity index (χ2n) is 6.69. The molecule has 0 saturated heterocycles. The van der Waals surface area contributed by atoms with Crippen molar-refractivity contribution in [3.05, 3.63) is 23.8 Å². The molecule has 1 aromatic carbocycles. The predicted octanol–water partition coefficient (Wildman–Crippen LogP) is 2.87. The quantitative estimate of drug-likeness (QED) is 0.927. The van der Waals surface area contributed by atoms with E-state index in [2.05, 4.69) is 13.8 Å². The number of ether oxygens (including phenoxy) is 1. The lowest BCUT2D eigenvalue weighted by molar-refractivity contribution is -0.125. The maximum absolute atomic E-state index is 12.4. The lowest BCUT2D eigenvalue weighted by Gasteiger charge is -2.34. The number of amides is 1. The Labute approximate surface area is 126 Å². The molecule has 114 valence electrons.